The van der Waals surface area contributed by atoms with E-state index in [1.165, 1.54) is 11.8 Å². The molecule has 0 aliphatic carbocycles. The molecule has 1 unspecified atom stereocenters. The van der Waals surface area contributed by atoms with Gasteiger partial charge in [0.05, 0.1) is 11.5 Å². The van der Waals surface area contributed by atoms with E-state index >= 15 is 0 Å². The number of amidine groups is 1. The van der Waals surface area contributed by atoms with Crippen LogP contribution in [0.2, 0.25) is 0 Å². The molecule has 1 atom stereocenters. The number of nitrogens with zero attached hydrogens (tertiary/aromatic N) is 2. The second-order valence-corrected chi connectivity index (χ2v) is 5.70. The zero-order valence-electron chi connectivity index (χ0n) is 9.05. The first-order chi connectivity index (χ1) is 8.15. The molecule has 1 aliphatic rings. The first-order valence-electron chi connectivity index (χ1n) is 4.99. The highest BCUT2D eigenvalue weighted by atomic mass is 79.9. The van der Waals surface area contributed by atoms with Gasteiger partial charge in [0.25, 0.3) is 0 Å². The van der Waals surface area contributed by atoms with Gasteiger partial charge in [-0.2, -0.15) is 5.10 Å². The number of carbonyl (C=O) groups excluding carboxylic acids is 1. The Kier molecular flexibility index (Phi) is 3.96. The number of halogens is 1. The van der Waals surface area contributed by atoms with Crippen molar-refractivity contribution < 1.29 is 4.79 Å². The van der Waals surface area contributed by atoms with Gasteiger partial charge in [-0.1, -0.05) is 39.8 Å². The number of rotatable bonds is 2. The predicted molar refractivity (Wildman–Crippen MR) is 74.4 cm³/mol. The number of carbonyl (C=O) groups is 1. The van der Waals surface area contributed by atoms with Gasteiger partial charge in [0, 0.05) is 4.47 Å². The van der Waals surface area contributed by atoms with Crippen molar-refractivity contribution in [3.63, 3.8) is 0 Å². The Bertz CT molecular complexity index is 501. The number of hydrogen-bond donors (Lipinski definition) is 1. The molecule has 0 bridgehead atoms. The third-order valence-corrected chi connectivity index (χ3v) is 3.56. The van der Waals surface area contributed by atoms with Crippen LogP contribution in [0.15, 0.2) is 38.9 Å². The SMILES string of the molecule is CC1S/C(=N\N=C\c2cccc(Br)c2)NC1=O. The van der Waals surface area contributed by atoms with Crippen LogP contribution in [0.5, 0.6) is 0 Å². The van der Waals surface area contributed by atoms with Crippen LogP contribution in [0.4, 0.5) is 0 Å². The topological polar surface area (TPSA) is 53.8 Å². The van der Waals surface area contributed by atoms with Gasteiger partial charge in [-0.3, -0.25) is 4.79 Å². The zero-order chi connectivity index (χ0) is 12.3. The Balaban J connectivity index is 2.03. The lowest BCUT2D eigenvalue weighted by atomic mass is 10.2. The van der Waals surface area contributed by atoms with Crippen LogP contribution in [0.3, 0.4) is 0 Å². The van der Waals surface area contributed by atoms with Crippen molar-refractivity contribution in [2.45, 2.75) is 12.2 Å². The van der Waals surface area contributed by atoms with Crippen molar-refractivity contribution in [3.05, 3.63) is 34.3 Å². The third kappa shape index (κ3) is 3.41. The lowest BCUT2D eigenvalue weighted by Crippen LogP contribution is -2.23. The summed E-state index contributed by atoms with van der Waals surface area (Å²) in [5.41, 5.74) is 0.950. The maximum Gasteiger partial charge on any atom is 0.239 e. The summed E-state index contributed by atoms with van der Waals surface area (Å²) >= 11 is 4.76. The summed E-state index contributed by atoms with van der Waals surface area (Å²) in [6.07, 6.45) is 1.65. The normalized spacial score (nSPS) is 22.4. The van der Waals surface area contributed by atoms with Crippen LogP contribution in [-0.2, 0) is 4.79 Å². The second-order valence-electron chi connectivity index (χ2n) is 3.45. The lowest BCUT2D eigenvalue weighted by molar-refractivity contribution is -0.118. The largest absolute Gasteiger partial charge is 0.303 e. The van der Waals surface area contributed by atoms with E-state index in [-0.39, 0.29) is 11.2 Å². The highest BCUT2D eigenvalue weighted by molar-refractivity contribution is 9.10. The Morgan fingerprint density at radius 2 is 2.35 bits per heavy atom. The molecule has 1 amide bonds. The van der Waals surface area contributed by atoms with Gasteiger partial charge in [-0.15, -0.1) is 5.10 Å². The van der Waals surface area contributed by atoms with Gasteiger partial charge < -0.3 is 5.32 Å². The highest BCUT2D eigenvalue weighted by Gasteiger charge is 2.25. The molecule has 1 saturated heterocycles. The fourth-order valence-corrected chi connectivity index (χ4v) is 2.41. The molecule has 1 aromatic rings. The summed E-state index contributed by atoms with van der Waals surface area (Å²) in [5.74, 6) is -0.0218. The number of hydrogen-bond acceptors (Lipinski definition) is 4. The van der Waals surface area contributed by atoms with E-state index in [1.54, 1.807) is 6.21 Å². The van der Waals surface area contributed by atoms with E-state index in [2.05, 4.69) is 31.4 Å². The fourth-order valence-electron chi connectivity index (χ4n) is 1.24. The molecule has 0 aromatic heterocycles. The molecule has 2 rings (SSSR count). The monoisotopic (exact) mass is 311 g/mol. The minimum absolute atomic E-state index is 0.0218. The smallest absolute Gasteiger partial charge is 0.239 e. The van der Waals surface area contributed by atoms with E-state index in [1.807, 2.05) is 31.2 Å². The van der Waals surface area contributed by atoms with Crippen molar-refractivity contribution in [1.82, 2.24) is 5.32 Å². The molecule has 0 spiro atoms. The standard InChI is InChI=1S/C11H10BrN3OS/c1-7-10(16)14-11(17-7)15-13-6-8-3-2-4-9(12)5-8/h2-7H,1H3,(H,14,15,16)/b13-6+. The fraction of sp³-hybridized carbons (Fsp3) is 0.182. The van der Waals surface area contributed by atoms with Crippen molar-refractivity contribution in [2.75, 3.05) is 0 Å². The minimum Gasteiger partial charge on any atom is -0.303 e. The van der Waals surface area contributed by atoms with E-state index in [4.69, 9.17) is 0 Å². The molecule has 0 radical (unpaired) electrons. The molecule has 1 N–H and O–H groups in total. The summed E-state index contributed by atoms with van der Waals surface area (Å²) in [4.78, 5) is 11.2. The van der Waals surface area contributed by atoms with E-state index < -0.39 is 0 Å². The predicted octanol–water partition coefficient (Wildman–Crippen LogP) is 2.39. The van der Waals surface area contributed by atoms with E-state index in [0.29, 0.717) is 5.17 Å². The summed E-state index contributed by atoms with van der Waals surface area (Å²) in [6, 6.07) is 7.73. The van der Waals surface area contributed by atoms with Gasteiger partial charge in [0.2, 0.25) is 5.91 Å². The second kappa shape index (κ2) is 5.46. The minimum atomic E-state index is -0.0881. The molecule has 4 nitrogen and oxygen atoms in total. The molecule has 1 fully saturated rings. The third-order valence-electron chi connectivity index (χ3n) is 2.09. The van der Waals surface area contributed by atoms with Crippen molar-refractivity contribution in [2.24, 2.45) is 10.2 Å². The molecule has 0 saturated carbocycles. The Labute approximate surface area is 112 Å². The number of amides is 1. The Morgan fingerprint density at radius 1 is 1.53 bits per heavy atom. The van der Waals surface area contributed by atoms with Gasteiger partial charge in [-0.05, 0) is 24.6 Å². The number of nitrogens with one attached hydrogen (secondary N) is 1. The summed E-state index contributed by atoms with van der Waals surface area (Å²) in [5, 5.41) is 11.0. The first kappa shape index (κ1) is 12.3. The van der Waals surface area contributed by atoms with Gasteiger partial charge in [0.15, 0.2) is 5.17 Å². The zero-order valence-corrected chi connectivity index (χ0v) is 11.5. The van der Waals surface area contributed by atoms with Crippen LogP contribution in [0.25, 0.3) is 0 Å². The van der Waals surface area contributed by atoms with Crippen molar-refractivity contribution >= 4 is 45.0 Å². The molecule has 17 heavy (non-hydrogen) atoms. The van der Waals surface area contributed by atoms with E-state index in [9.17, 15) is 4.79 Å². The first-order valence-corrected chi connectivity index (χ1v) is 6.66. The van der Waals surface area contributed by atoms with Crippen LogP contribution in [0, 0.1) is 0 Å². The van der Waals surface area contributed by atoms with E-state index in [0.717, 1.165) is 10.0 Å². The Hall–Kier alpha value is -1.14. The molecule has 1 heterocycles. The summed E-state index contributed by atoms with van der Waals surface area (Å²) < 4.78 is 0.992. The van der Waals surface area contributed by atoms with Crippen molar-refractivity contribution in [3.8, 4) is 0 Å². The average molecular weight is 312 g/mol. The van der Waals surface area contributed by atoms with Crippen LogP contribution >= 0.6 is 27.7 Å². The van der Waals surface area contributed by atoms with Crippen molar-refractivity contribution in [1.29, 1.82) is 0 Å². The average Bonchev–Trinajstić information content (AvgIpc) is 2.58. The van der Waals surface area contributed by atoms with Gasteiger partial charge >= 0.3 is 0 Å². The van der Waals surface area contributed by atoms with Gasteiger partial charge in [-0.25, -0.2) is 0 Å². The molecule has 88 valence electrons. The quantitative estimate of drug-likeness (QED) is 0.673. The molecule has 1 aromatic carbocycles. The van der Waals surface area contributed by atoms with Crippen LogP contribution < -0.4 is 5.32 Å². The van der Waals surface area contributed by atoms with Gasteiger partial charge in [0.1, 0.15) is 0 Å². The number of benzene rings is 1. The molecule has 1 aliphatic heterocycles. The highest BCUT2D eigenvalue weighted by Crippen LogP contribution is 2.18. The van der Waals surface area contributed by atoms with Crippen LogP contribution in [0.1, 0.15) is 12.5 Å². The van der Waals surface area contributed by atoms with Crippen LogP contribution in [-0.4, -0.2) is 22.5 Å². The Morgan fingerprint density at radius 3 is 3.00 bits per heavy atom. The lowest BCUT2D eigenvalue weighted by Gasteiger charge is -1.92. The molecular weight excluding hydrogens is 302 g/mol. The number of thioether (sulfide) groups is 1. The maximum absolute atomic E-state index is 11.2. The molecule has 6 heteroatoms. The summed E-state index contributed by atoms with van der Waals surface area (Å²) in [7, 11) is 0. The molecular formula is C11H10BrN3OS. The maximum atomic E-state index is 11.2. The summed E-state index contributed by atoms with van der Waals surface area (Å²) in [6.45, 7) is 1.83.